The van der Waals surface area contributed by atoms with Crippen LogP contribution in [0.4, 0.5) is 0 Å². The summed E-state index contributed by atoms with van der Waals surface area (Å²) in [6.07, 6.45) is 8.64. The highest BCUT2D eigenvalue weighted by molar-refractivity contribution is 7.86. The Morgan fingerprint density at radius 2 is 1.50 bits per heavy atom. The van der Waals surface area contributed by atoms with E-state index in [1.807, 2.05) is 24.3 Å². The van der Waals surface area contributed by atoms with Gasteiger partial charge in [0.2, 0.25) is 0 Å². The lowest BCUT2D eigenvalue weighted by Gasteiger charge is -2.09. The highest BCUT2D eigenvalue weighted by Crippen LogP contribution is 2.30. The summed E-state index contributed by atoms with van der Waals surface area (Å²) < 4.78 is 36.7. The number of phenolic OH excluding ortho intramolecular Hbond substituents is 1. The quantitative estimate of drug-likeness (QED) is 0.431. The number of ether oxygens (including phenoxy) is 1. The predicted molar refractivity (Wildman–Crippen MR) is 102 cm³/mol. The summed E-state index contributed by atoms with van der Waals surface area (Å²) in [5, 5.41) is 9.70. The molecule has 0 fully saturated rings. The summed E-state index contributed by atoms with van der Waals surface area (Å²) in [5.74, 6) is 0.332. The van der Waals surface area contributed by atoms with Gasteiger partial charge in [-0.2, -0.15) is 8.42 Å². The molecule has 2 N–H and O–H groups in total. The van der Waals surface area contributed by atoms with Crippen molar-refractivity contribution < 1.29 is 22.8 Å². The lowest BCUT2D eigenvalue weighted by Crippen LogP contribution is -1.98. The Hall–Kier alpha value is -2.05. The Balaban J connectivity index is 1.88. The molecule has 0 atom stereocenters. The molecule has 6 heteroatoms. The van der Waals surface area contributed by atoms with Crippen molar-refractivity contribution in [2.24, 2.45) is 0 Å². The molecular formula is C20H26O5S. The van der Waals surface area contributed by atoms with E-state index in [1.165, 1.54) is 50.2 Å². The van der Waals surface area contributed by atoms with Gasteiger partial charge in [0.1, 0.15) is 22.1 Å². The maximum Gasteiger partial charge on any atom is 0.298 e. The molecule has 0 bridgehead atoms. The fraction of sp³-hybridized carbons (Fsp3) is 0.400. The number of hydrogen-bond donors (Lipinski definition) is 2. The standard InChI is InChI=1S/C20H26O5S/c1-2-3-4-5-6-7-8-16-9-11-17(12-10-16)25-18-13-14-20(19(21)15-18)26(22,23)24/h9-15,21H,2-8H2,1H3,(H,22,23,24). The van der Waals surface area contributed by atoms with Gasteiger partial charge in [0.15, 0.2) is 0 Å². The molecule has 0 saturated heterocycles. The highest BCUT2D eigenvalue weighted by atomic mass is 32.2. The van der Waals surface area contributed by atoms with E-state index in [0.29, 0.717) is 11.5 Å². The lowest BCUT2D eigenvalue weighted by atomic mass is 10.0. The number of unbranched alkanes of at least 4 members (excludes halogenated alkanes) is 5. The second-order valence-electron chi connectivity index (χ2n) is 6.37. The van der Waals surface area contributed by atoms with Crippen LogP contribution in [0.15, 0.2) is 47.4 Å². The minimum absolute atomic E-state index is 0.290. The molecule has 0 unspecified atom stereocenters. The van der Waals surface area contributed by atoms with Gasteiger partial charge in [-0.25, -0.2) is 0 Å². The average molecular weight is 378 g/mol. The van der Waals surface area contributed by atoms with Gasteiger partial charge in [-0.1, -0.05) is 51.2 Å². The van der Waals surface area contributed by atoms with Gasteiger partial charge in [-0.05, 0) is 42.7 Å². The molecule has 0 heterocycles. The number of aromatic hydroxyl groups is 1. The van der Waals surface area contributed by atoms with Gasteiger partial charge in [0, 0.05) is 6.07 Å². The first-order valence-corrected chi connectivity index (χ1v) is 10.4. The van der Waals surface area contributed by atoms with E-state index in [-0.39, 0.29) is 0 Å². The van der Waals surface area contributed by atoms with E-state index in [9.17, 15) is 13.5 Å². The number of phenols is 1. The fourth-order valence-electron chi connectivity index (χ4n) is 2.75. The summed E-state index contributed by atoms with van der Waals surface area (Å²) in [5.41, 5.74) is 1.25. The summed E-state index contributed by atoms with van der Waals surface area (Å²) in [6, 6.07) is 11.4. The van der Waals surface area contributed by atoms with Gasteiger partial charge in [-0.15, -0.1) is 0 Å². The molecule has 2 aromatic rings. The van der Waals surface area contributed by atoms with Crippen LogP contribution >= 0.6 is 0 Å². The van der Waals surface area contributed by atoms with Crippen LogP contribution in [0.5, 0.6) is 17.2 Å². The minimum Gasteiger partial charge on any atom is -0.506 e. The lowest BCUT2D eigenvalue weighted by molar-refractivity contribution is 0.433. The van der Waals surface area contributed by atoms with Gasteiger partial charge in [0.05, 0.1) is 0 Å². The van der Waals surface area contributed by atoms with Crippen LogP contribution in [0, 0.1) is 0 Å². The second-order valence-corrected chi connectivity index (χ2v) is 7.76. The molecule has 2 rings (SSSR count). The third kappa shape index (κ3) is 6.35. The van der Waals surface area contributed by atoms with Crippen molar-refractivity contribution in [3.05, 3.63) is 48.0 Å². The molecule has 142 valence electrons. The molecule has 26 heavy (non-hydrogen) atoms. The van der Waals surface area contributed by atoms with Gasteiger partial charge < -0.3 is 9.84 Å². The molecule has 0 aliphatic rings. The van der Waals surface area contributed by atoms with E-state index in [2.05, 4.69) is 6.92 Å². The first-order valence-electron chi connectivity index (χ1n) is 8.97. The fourth-order valence-corrected chi connectivity index (χ4v) is 3.31. The summed E-state index contributed by atoms with van der Waals surface area (Å²) in [4.78, 5) is -0.542. The molecule has 0 aromatic heterocycles. The molecule has 2 aromatic carbocycles. The number of rotatable bonds is 10. The van der Waals surface area contributed by atoms with Crippen LogP contribution < -0.4 is 4.74 Å². The highest BCUT2D eigenvalue weighted by Gasteiger charge is 2.15. The summed E-state index contributed by atoms with van der Waals surface area (Å²) in [6.45, 7) is 2.22. The van der Waals surface area contributed by atoms with Crippen molar-refractivity contribution in [1.29, 1.82) is 0 Å². The van der Waals surface area contributed by atoms with Crippen LogP contribution in [-0.2, 0) is 16.5 Å². The molecule has 0 amide bonds. The monoisotopic (exact) mass is 378 g/mol. The molecule has 0 spiro atoms. The Bertz CT molecular complexity index is 797. The zero-order valence-corrected chi connectivity index (χ0v) is 15.8. The largest absolute Gasteiger partial charge is 0.506 e. The first kappa shape index (κ1) is 20.3. The third-order valence-electron chi connectivity index (χ3n) is 4.19. The molecule has 0 aliphatic heterocycles. The number of benzene rings is 2. The predicted octanol–water partition coefficient (Wildman–Crippen LogP) is 5.33. The first-order chi connectivity index (χ1) is 12.4. The van der Waals surface area contributed by atoms with E-state index < -0.39 is 20.8 Å². The molecule has 0 radical (unpaired) electrons. The van der Waals surface area contributed by atoms with Crippen molar-refractivity contribution >= 4 is 10.1 Å². The van der Waals surface area contributed by atoms with Crippen LogP contribution in [0.25, 0.3) is 0 Å². The second kappa shape index (κ2) is 9.59. The van der Waals surface area contributed by atoms with E-state index in [4.69, 9.17) is 9.29 Å². The normalized spacial score (nSPS) is 11.5. The number of hydrogen-bond acceptors (Lipinski definition) is 4. The molecule has 0 saturated carbocycles. The molecule has 0 aliphatic carbocycles. The Kier molecular flexibility index (Phi) is 7.48. The van der Waals surface area contributed by atoms with Crippen molar-refractivity contribution in [3.63, 3.8) is 0 Å². The zero-order chi connectivity index (χ0) is 19.0. The van der Waals surface area contributed by atoms with Crippen LogP contribution in [0.1, 0.15) is 51.0 Å². The van der Waals surface area contributed by atoms with Crippen LogP contribution in [0.3, 0.4) is 0 Å². The van der Waals surface area contributed by atoms with Crippen molar-refractivity contribution in [3.8, 4) is 17.2 Å². The minimum atomic E-state index is -4.45. The van der Waals surface area contributed by atoms with Crippen LogP contribution in [0.2, 0.25) is 0 Å². The maximum absolute atomic E-state index is 11.1. The third-order valence-corrected chi connectivity index (χ3v) is 5.09. The Labute approximate surface area is 155 Å². The smallest absolute Gasteiger partial charge is 0.298 e. The van der Waals surface area contributed by atoms with E-state index in [0.717, 1.165) is 18.6 Å². The molecular weight excluding hydrogens is 352 g/mol. The van der Waals surface area contributed by atoms with Crippen molar-refractivity contribution in [2.75, 3.05) is 0 Å². The van der Waals surface area contributed by atoms with E-state index in [1.54, 1.807) is 0 Å². The summed E-state index contributed by atoms with van der Waals surface area (Å²) in [7, 11) is -4.45. The summed E-state index contributed by atoms with van der Waals surface area (Å²) >= 11 is 0. The average Bonchev–Trinajstić information content (AvgIpc) is 2.58. The maximum atomic E-state index is 11.1. The zero-order valence-electron chi connectivity index (χ0n) is 15.0. The van der Waals surface area contributed by atoms with Gasteiger partial charge >= 0.3 is 0 Å². The van der Waals surface area contributed by atoms with Crippen LogP contribution in [-0.4, -0.2) is 18.1 Å². The van der Waals surface area contributed by atoms with Gasteiger partial charge in [0.25, 0.3) is 10.1 Å². The SMILES string of the molecule is CCCCCCCCc1ccc(Oc2ccc(S(=O)(=O)O)c(O)c2)cc1. The Morgan fingerprint density at radius 1 is 0.885 bits per heavy atom. The van der Waals surface area contributed by atoms with Crippen molar-refractivity contribution in [2.45, 2.75) is 56.8 Å². The van der Waals surface area contributed by atoms with E-state index >= 15 is 0 Å². The van der Waals surface area contributed by atoms with Crippen molar-refractivity contribution in [1.82, 2.24) is 0 Å². The topological polar surface area (TPSA) is 83.8 Å². The molecule has 5 nitrogen and oxygen atoms in total. The van der Waals surface area contributed by atoms with Gasteiger partial charge in [-0.3, -0.25) is 4.55 Å². The Morgan fingerprint density at radius 3 is 2.12 bits per heavy atom. The number of aryl methyl sites for hydroxylation is 1.